The molecule has 0 atom stereocenters. The van der Waals surface area contributed by atoms with Crippen LogP contribution in [0.3, 0.4) is 0 Å². The van der Waals surface area contributed by atoms with Gasteiger partial charge in [0.1, 0.15) is 11.3 Å². The lowest BCUT2D eigenvalue weighted by molar-refractivity contribution is 0.0601. The highest BCUT2D eigenvalue weighted by atomic mass is 32.1. The molecule has 0 aliphatic heterocycles. The fraction of sp³-hybridized carbons (Fsp3) is 0.375. The zero-order chi connectivity index (χ0) is 19.3. The van der Waals surface area contributed by atoms with E-state index in [1.807, 2.05) is 13.8 Å². The van der Waals surface area contributed by atoms with Crippen LogP contribution in [0.1, 0.15) is 39.4 Å². The number of anilines is 2. The van der Waals surface area contributed by atoms with Crippen molar-refractivity contribution >= 4 is 51.4 Å². The Kier molecular flexibility index (Phi) is 6.70. The van der Waals surface area contributed by atoms with Gasteiger partial charge < -0.3 is 24.8 Å². The number of nitrogens with one attached hydrogen (secondary N) is 2. The van der Waals surface area contributed by atoms with Crippen LogP contribution in [0.15, 0.2) is 16.9 Å². The Morgan fingerprint density at radius 3 is 2.58 bits per heavy atom. The van der Waals surface area contributed by atoms with Gasteiger partial charge in [0.25, 0.3) is 5.91 Å². The molecule has 0 aliphatic carbocycles. The molecule has 0 saturated carbocycles. The lowest BCUT2D eigenvalue weighted by Crippen LogP contribution is -2.30. The van der Waals surface area contributed by atoms with Crippen molar-refractivity contribution in [3.63, 3.8) is 0 Å². The molecule has 0 aliphatic rings. The van der Waals surface area contributed by atoms with Gasteiger partial charge in [-0.25, -0.2) is 4.79 Å². The maximum Gasteiger partial charge on any atom is 0.341 e. The van der Waals surface area contributed by atoms with Crippen LogP contribution >= 0.6 is 23.6 Å². The number of carbonyl (C=O) groups is 2. The quantitative estimate of drug-likeness (QED) is 0.568. The molecule has 2 aromatic rings. The van der Waals surface area contributed by atoms with E-state index in [-0.39, 0.29) is 16.6 Å². The van der Waals surface area contributed by atoms with E-state index in [0.717, 1.165) is 11.3 Å². The maximum atomic E-state index is 12.7. The van der Waals surface area contributed by atoms with Gasteiger partial charge in [-0.15, -0.1) is 11.3 Å². The number of rotatable bonds is 6. The van der Waals surface area contributed by atoms with Crippen molar-refractivity contribution in [2.75, 3.05) is 30.8 Å². The normalized spacial score (nSPS) is 10.3. The van der Waals surface area contributed by atoms with Crippen molar-refractivity contribution in [1.82, 2.24) is 10.1 Å². The van der Waals surface area contributed by atoms with Crippen LogP contribution in [0.4, 0.5) is 10.8 Å². The number of ether oxygens (including phenoxy) is 1. The number of amides is 1. The van der Waals surface area contributed by atoms with Gasteiger partial charge in [-0.3, -0.25) is 4.79 Å². The number of hydrogen-bond donors (Lipinski definition) is 2. The third-order valence-electron chi connectivity index (χ3n) is 3.69. The highest BCUT2D eigenvalue weighted by molar-refractivity contribution is 7.80. The second-order valence-electron chi connectivity index (χ2n) is 5.19. The molecule has 2 aromatic heterocycles. The van der Waals surface area contributed by atoms with Crippen LogP contribution in [0, 0.1) is 6.92 Å². The van der Waals surface area contributed by atoms with Gasteiger partial charge in [-0.1, -0.05) is 5.16 Å². The molecular formula is C16H20N4O4S2. The van der Waals surface area contributed by atoms with Crippen molar-refractivity contribution in [3.05, 3.63) is 28.3 Å². The van der Waals surface area contributed by atoms with Crippen molar-refractivity contribution in [1.29, 1.82) is 0 Å². The molecule has 1 amide bonds. The predicted molar refractivity (Wildman–Crippen MR) is 104 cm³/mol. The van der Waals surface area contributed by atoms with E-state index in [1.165, 1.54) is 13.4 Å². The number of aromatic nitrogens is 1. The van der Waals surface area contributed by atoms with Crippen molar-refractivity contribution in [2.45, 2.75) is 20.8 Å². The Morgan fingerprint density at radius 2 is 2.04 bits per heavy atom. The van der Waals surface area contributed by atoms with Crippen LogP contribution < -0.4 is 10.6 Å². The summed E-state index contributed by atoms with van der Waals surface area (Å²) in [5.41, 5.74) is 0.850. The molecule has 0 spiro atoms. The Balaban J connectivity index is 2.34. The number of nitrogens with zero attached hydrogens (tertiary/aromatic N) is 2. The minimum atomic E-state index is -0.538. The number of thiocarbonyl (C=S) groups is 1. The number of carbonyl (C=O) groups excluding carboxylic acids is 2. The zero-order valence-electron chi connectivity index (χ0n) is 14.9. The summed E-state index contributed by atoms with van der Waals surface area (Å²) in [5.74, 6) is -0.245. The summed E-state index contributed by atoms with van der Waals surface area (Å²) in [6.45, 7) is 6.69. The van der Waals surface area contributed by atoms with Crippen LogP contribution in [0.25, 0.3) is 0 Å². The first-order valence-electron chi connectivity index (χ1n) is 7.92. The van der Waals surface area contributed by atoms with Crippen LogP contribution in [0.2, 0.25) is 0 Å². The second kappa shape index (κ2) is 8.77. The number of hydrogen-bond acceptors (Lipinski definition) is 7. The molecule has 8 nitrogen and oxygen atoms in total. The third-order valence-corrected chi connectivity index (χ3v) is 5.09. The van der Waals surface area contributed by atoms with E-state index >= 15 is 0 Å². The maximum absolute atomic E-state index is 12.7. The summed E-state index contributed by atoms with van der Waals surface area (Å²) in [7, 11) is 1.29. The number of thiophene rings is 1. The first-order chi connectivity index (χ1) is 12.4. The summed E-state index contributed by atoms with van der Waals surface area (Å²) in [6, 6.07) is 1.60. The van der Waals surface area contributed by atoms with E-state index in [4.69, 9.17) is 21.5 Å². The van der Waals surface area contributed by atoms with Gasteiger partial charge in [0, 0.05) is 19.2 Å². The number of methoxy groups -OCH3 is 1. The minimum Gasteiger partial charge on any atom is -0.465 e. The predicted octanol–water partition coefficient (Wildman–Crippen LogP) is 3.12. The largest absolute Gasteiger partial charge is 0.465 e. The van der Waals surface area contributed by atoms with Gasteiger partial charge in [0.05, 0.1) is 17.6 Å². The second-order valence-corrected chi connectivity index (χ2v) is 6.62. The van der Waals surface area contributed by atoms with E-state index < -0.39 is 5.97 Å². The first-order valence-corrected chi connectivity index (χ1v) is 9.14. The molecule has 10 heteroatoms. The molecular weight excluding hydrogens is 376 g/mol. The lowest BCUT2D eigenvalue weighted by atomic mass is 10.1. The smallest absolute Gasteiger partial charge is 0.341 e. The summed E-state index contributed by atoms with van der Waals surface area (Å²) in [6.07, 6.45) is 1.40. The summed E-state index contributed by atoms with van der Waals surface area (Å²) in [4.78, 5) is 27.1. The average molecular weight is 396 g/mol. The van der Waals surface area contributed by atoms with Crippen LogP contribution in [0.5, 0.6) is 0 Å². The van der Waals surface area contributed by atoms with E-state index in [9.17, 15) is 9.59 Å². The van der Waals surface area contributed by atoms with E-state index in [1.54, 1.807) is 17.9 Å². The van der Waals surface area contributed by atoms with Crippen LogP contribution in [-0.2, 0) is 4.74 Å². The molecule has 0 aromatic carbocycles. The Hall–Kier alpha value is -2.46. The minimum absolute atomic E-state index is 0.133. The van der Waals surface area contributed by atoms with Gasteiger partial charge in [0.15, 0.2) is 10.9 Å². The first kappa shape index (κ1) is 19.9. The number of esters is 1. The molecule has 0 saturated heterocycles. The Bertz CT molecular complexity index is 798. The monoisotopic (exact) mass is 396 g/mol. The Labute approximate surface area is 160 Å². The summed E-state index contributed by atoms with van der Waals surface area (Å²) >= 11 is 6.40. The fourth-order valence-corrected chi connectivity index (χ4v) is 3.77. The lowest BCUT2D eigenvalue weighted by Gasteiger charge is -2.17. The van der Waals surface area contributed by atoms with Crippen LogP contribution in [-0.4, -0.2) is 47.2 Å². The molecule has 2 N–H and O–H groups in total. The highest BCUT2D eigenvalue weighted by Crippen LogP contribution is 2.34. The topological polar surface area (TPSA) is 96.7 Å². The van der Waals surface area contributed by atoms with Crippen molar-refractivity contribution in [2.24, 2.45) is 0 Å². The molecule has 140 valence electrons. The molecule has 0 unspecified atom stereocenters. The molecule has 2 heterocycles. The average Bonchev–Trinajstić information content (AvgIpc) is 3.23. The summed E-state index contributed by atoms with van der Waals surface area (Å²) in [5, 5.41) is 10.1. The summed E-state index contributed by atoms with van der Waals surface area (Å²) < 4.78 is 9.59. The SMILES string of the molecule is CCN(CC)C(=O)c1sc(NC(=S)Nc2ccon2)c(C(=O)OC)c1C. The van der Waals surface area contributed by atoms with Crippen molar-refractivity contribution in [3.8, 4) is 0 Å². The van der Waals surface area contributed by atoms with Gasteiger partial charge in [-0.2, -0.15) is 0 Å². The van der Waals surface area contributed by atoms with Gasteiger partial charge in [0.2, 0.25) is 0 Å². The fourth-order valence-electron chi connectivity index (χ4n) is 2.34. The van der Waals surface area contributed by atoms with Crippen molar-refractivity contribution < 1.29 is 18.8 Å². The van der Waals surface area contributed by atoms with E-state index in [0.29, 0.717) is 34.3 Å². The van der Waals surface area contributed by atoms with Gasteiger partial charge in [-0.05, 0) is 38.6 Å². The molecule has 2 rings (SSSR count). The molecule has 0 fully saturated rings. The van der Waals surface area contributed by atoms with Gasteiger partial charge >= 0.3 is 5.97 Å². The highest BCUT2D eigenvalue weighted by Gasteiger charge is 2.27. The standard InChI is InChI=1S/C16H20N4O4S2/c1-5-20(6-2)14(21)12-9(3)11(15(22)23-4)13(26-12)18-16(25)17-10-7-8-24-19-10/h7-8H,5-6H2,1-4H3,(H2,17,18,19,25). The molecule has 0 bridgehead atoms. The third kappa shape index (κ3) is 4.20. The molecule has 0 radical (unpaired) electrons. The molecule has 26 heavy (non-hydrogen) atoms. The zero-order valence-corrected chi connectivity index (χ0v) is 16.5. The Morgan fingerprint density at radius 1 is 1.35 bits per heavy atom. The van der Waals surface area contributed by atoms with E-state index in [2.05, 4.69) is 15.8 Å².